The Labute approximate surface area is 190 Å². The van der Waals surface area contributed by atoms with Gasteiger partial charge in [-0.3, -0.25) is 4.98 Å². The number of nitrogens with zero attached hydrogens (tertiary/aromatic N) is 1. The lowest BCUT2D eigenvalue weighted by molar-refractivity contribution is -0.145. The number of ether oxygens (including phenoxy) is 2. The Morgan fingerprint density at radius 1 is 1.28 bits per heavy atom. The summed E-state index contributed by atoms with van der Waals surface area (Å²) in [6, 6.07) is 3.13. The molecule has 3 N–H and O–H groups in total. The lowest BCUT2D eigenvalue weighted by atomic mass is 9.76. The Balaban J connectivity index is 1.53. The highest BCUT2D eigenvalue weighted by Crippen LogP contribution is 2.40. The van der Waals surface area contributed by atoms with Crippen LogP contribution in [0.2, 0.25) is 0 Å². The van der Waals surface area contributed by atoms with Gasteiger partial charge >= 0.3 is 12.1 Å². The minimum atomic E-state index is -1.10. The molecule has 2 aliphatic rings. The van der Waals surface area contributed by atoms with Gasteiger partial charge in [0.05, 0.1) is 23.6 Å². The fourth-order valence-corrected chi connectivity index (χ4v) is 4.20. The van der Waals surface area contributed by atoms with Crippen molar-refractivity contribution in [3.8, 4) is 0 Å². The SMILES string of the molecule is CC(COC1(CCc2ccc3c(n2)CCCN3)CCC1)C(NC(=O)OC(C)(C)C)C(=O)O. The maximum absolute atomic E-state index is 12.1. The maximum atomic E-state index is 12.1. The lowest BCUT2D eigenvalue weighted by Crippen LogP contribution is -2.49. The molecule has 1 amide bonds. The molecule has 0 radical (unpaired) electrons. The van der Waals surface area contributed by atoms with E-state index < -0.39 is 29.6 Å². The van der Waals surface area contributed by atoms with Crippen molar-refractivity contribution in [1.29, 1.82) is 0 Å². The molecule has 0 bridgehead atoms. The lowest BCUT2D eigenvalue weighted by Gasteiger charge is -2.43. The van der Waals surface area contributed by atoms with Crippen LogP contribution in [-0.4, -0.2) is 52.5 Å². The first kappa shape index (κ1) is 24.3. The Morgan fingerprint density at radius 3 is 2.66 bits per heavy atom. The zero-order valence-corrected chi connectivity index (χ0v) is 19.7. The minimum Gasteiger partial charge on any atom is -0.480 e. The first-order chi connectivity index (χ1) is 15.1. The molecule has 2 unspecified atom stereocenters. The van der Waals surface area contributed by atoms with E-state index >= 15 is 0 Å². The van der Waals surface area contributed by atoms with Crippen LogP contribution in [0.25, 0.3) is 0 Å². The molecule has 8 heteroatoms. The second kappa shape index (κ2) is 10.1. The fourth-order valence-electron chi connectivity index (χ4n) is 4.20. The molecule has 2 heterocycles. The number of aryl methyl sites for hydroxylation is 2. The number of nitrogens with one attached hydrogen (secondary N) is 2. The monoisotopic (exact) mass is 447 g/mol. The van der Waals surface area contributed by atoms with Crippen molar-refractivity contribution in [1.82, 2.24) is 10.3 Å². The smallest absolute Gasteiger partial charge is 0.408 e. The average Bonchev–Trinajstić information content (AvgIpc) is 2.69. The number of hydrogen-bond donors (Lipinski definition) is 3. The van der Waals surface area contributed by atoms with Gasteiger partial charge in [0.2, 0.25) is 0 Å². The van der Waals surface area contributed by atoms with Crippen molar-refractivity contribution < 1.29 is 24.2 Å². The molecule has 0 saturated heterocycles. The molecule has 3 rings (SSSR count). The Kier molecular flexibility index (Phi) is 7.64. The molecule has 8 nitrogen and oxygen atoms in total. The maximum Gasteiger partial charge on any atom is 0.408 e. The fraction of sp³-hybridized carbons (Fsp3) is 0.708. The molecule has 0 spiro atoms. The van der Waals surface area contributed by atoms with E-state index in [0.717, 1.165) is 68.6 Å². The largest absolute Gasteiger partial charge is 0.480 e. The third-order valence-corrected chi connectivity index (χ3v) is 6.20. The average molecular weight is 448 g/mol. The first-order valence-corrected chi connectivity index (χ1v) is 11.7. The van der Waals surface area contributed by atoms with Crippen LogP contribution in [0, 0.1) is 5.92 Å². The number of aromatic nitrogens is 1. The van der Waals surface area contributed by atoms with E-state index in [1.54, 1.807) is 27.7 Å². The van der Waals surface area contributed by atoms with Gasteiger partial charge in [0.25, 0.3) is 0 Å². The summed E-state index contributed by atoms with van der Waals surface area (Å²) in [5.74, 6) is -1.49. The highest BCUT2D eigenvalue weighted by Gasteiger charge is 2.39. The number of anilines is 1. The first-order valence-electron chi connectivity index (χ1n) is 11.7. The van der Waals surface area contributed by atoms with Gasteiger partial charge in [-0.2, -0.15) is 0 Å². The van der Waals surface area contributed by atoms with E-state index in [0.29, 0.717) is 0 Å². The molecule has 178 valence electrons. The number of aliphatic carboxylic acids is 1. The minimum absolute atomic E-state index is 0.237. The van der Waals surface area contributed by atoms with Crippen molar-refractivity contribution in [3.05, 3.63) is 23.5 Å². The van der Waals surface area contributed by atoms with Gasteiger partial charge in [-0.25, -0.2) is 9.59 Å². The number of rotatable bonds is 9. The van der Waals surface area contributed by atoms with Gasteiger partial charge < -0.3 is 25.2 Å². The number of fused-ring (bicyclic) bond motifs is 1. The molecular formula is C24H37N3O5. The second-order valence-electron chi connectivity index (χ2n) is 10.1. The number of pyridine rings is 1. The van der Waals surface area contributed by atoms with Crippen LogP contribution in [-0.2, 0) is 27.1 Å². The summed E-state index contributed by atoms with van der Waals surface area (Å²) in [6.45, 7) is 8.26. The number of carboxylic acid groups (broad SMARTS) is 1. The van der Waals surface area contributed by atoms with Gasteiger partial charge in [0, 0.05) is 18.2 Å². The van der Waals surface area contributed by atoms with Gasteiger partial charge in [0.15, 0.2) is 0 Å². The van der Waals surface area contributed by atoms with Gasteiger partial charge in [-0.05, 0) is 77.8 Å². The number of hydrogen-bond acceptors (Lipinski definition) is 6. The van der Waals surface area contributed by atoms with Crippen LogP contribution in [0.5, 0.6) is 0 Å². The number of carbonyl (C=O) groups excluding carboxylic acids is 1. The van der Waals surface area contributed by atoms with E-state index in [1.165, 1.54) is 0 Å². The zero-order valence-electron chi connectivity index (χ0n) is 19.7. The van der Waals surface area contributed by atoms with Gasteiger partial charge in [0.1, 0.15) is 11.6 Å². The molecule has 1 aromatic rings. The normalized spacial score (nSPS) is 19.0. The third kappa shape index (κ3) is 6.58. The molecule has 32 heavy (non-hydrogen) atoms. The summed E-state index contributed by atoms with van der Waals surface area (Å²) in [5, 5.41) is 15.5. The quantitative estimate of drug-likeness (QED) is 0.526. The molecule has 1 saturated carbocycles. The summed E-state index contributed by atoms with van der Waals surface area (Å²) in [5.41, 5.74) is 2.43. The van der Waals surface area contributed by atoms with Gasteiger partial charge in [-0.1, -0.05) is 6.92 Å². The van der Waals surface area contributed by atoms with Crippen LogP contribution < -0.4 is 10.6 Å². The third-order valence-electron chi connectivity index (χ3n) is 6.20. The van der Waals surface area contributed by atoms with Crippen molar-refractivity contribution in [2.24, 2.45) is 5.92 Å². The van der Waals surface area contributed by atoms with Crippen molar-refractivity contribution in [3.63, 3.8) is 0 Å². The summed E-state index contributed by atoms with van der Waals surface area (Å²) >= 11 is 0. The van der Waals surface area contributed by atoms with Crippen LogP contribution in [0.1, 0.15) is 71.2 Å². The zero-order chi connectivity index (χ0) is 23.4. The van der Waals surface area contributed by atoms with E-state index in [9.17, 15) is 14.7 Å². The molecular weight excluding hydrogens is 410 g/mol. The summed E-state index contributed by atoms with van der Waals surface area (Å²) in [4.78, 5) is 28.6. The molecule has 1 fully saturated rings. The Bertz CT molecular complexity index is 816. The summed E-state index contributed by atoms with van der Waals surface area (Å²) in [7, 11) is 0. The van der Waals surface area contributed by atoms with Gasteiger partial charge in [-0.15, -0.1) is 0 Å². The van der Waals surface area contributed by atoms with E-state index in [1.807, 2.05) is 0 Å². The van der Waals surface area contributed by atoms with E-state index in [4.69, 9.17) is 14.5 Å². The summed E-state index contributed by atoms with van der Waals surface area (Å²) < 4.78 is 11.5. The van der Waals surface area contributed by atoms with E-state index in [2.05, 4.69) is 22.8 Å². The Hall–Kier alpha value is -2.35. The number of carbonyl (C=O) groups is 2. The number of amides is 1. The molecule has 1 aliphatic heterocycles. The van der Waals surface area contributed by atoms with Crippen molar-refractivity contribution in [2.45, 2.75) is 89.9 Å². The van der Waals surface area contributed by atoms with E-state index in [-0.39, 0.29) is 12.2 Å². The standard InChI is InChI=1S/C24H37N3O5/c1-16(20(21(28)29)27-22(30)32-23(2,3)4)15-31-24(11-6-12-24)13-10-17-8-9-18-19(26-17)7-5-14-25-18/h8-9,16,20,25H,5-7,10-15H2,1-4H3,(H,27,30)(H,28,29). The van der Waals surface area contributed by atoms with Crippen LogP contribution in [0.4, 0.5) is 10.5 Å². The molecule has 1 aliphatic carbocycles. The predicted molar refractivity (Wildman–Crippen MR) is 122 cm³/mol. The Morgan fingerprint density at radius 2 is 2.03 bits per heavy atom. The molecule has 1 aromatic heterocycles. The van der Waals surface area contributed by atoms with Crippen LogP contribution in [0.3, 0.4) is 0 Å². The topological polar surface area (TPSA) is 110 Å². The second-order valence-corrected chi connectivity index (χ2v) is 10.1. The summed E-state index contributed by atoms with van der Waals surface area (Å²) in [6.07, 6.45) is 6.10. The van der Waals surface area contributed by atoms with Crippen molar-refractivity contribution >= 4 is 17.7 Å². The van der Waals surface area contributed by atoms with Crippen LogP contribution >= 0.6 is 0 Å². The van der Waals surface area contributed by atoms with Crippen LogP contribution in [0.15, 0.2) is 12.1 Å². The van der Waals surface area contributed by atoms with Crippen molar-refractivity contribution in [2.75, 3.05) is 18.5 Å². The number of alkyl carbamates (subject to hydrolysis) is 1. The number of carboxylic acids is 1. The highest BCUT2D eigenvalue weighted by molar-refractivity contribution is 5.80. The molecule has 2 atom stereocenters. The molecule has 0 aromatic carbocycles. The predicted octanol–water partition coefficient (Wildman–Crippen LogP) is 3.93. The highest BCUT2D eigenvalue weighted by atomic mass is 16.6.